The Balaban J connectivity index is 1.71. The van der Waals surface area contributed by atoms with Crippen molar-refractivity contribution in [2.45, 2.75) is 31.7 Å². The van der Waals surface area contributed by atoms with Crippen molar-refractivity contribution >= 4 is 0 Å². The van der Waals surface area contributed by atoms with Gasteiger partial charge >= 0.3 is 0 Å². The molecule has 3 rings (SSSR count). The molecule has 2 aromatic rings. The van der Waals surface area contributed by atoms with Crippen LogP contribution >= 0.6 is 0 Å². The first-order valence-corrected chi connectivity index (χ1v) is 6.98. The van der Waals surface area contributed by atoms with Gasteiger partial charge in [-0.15, -0.1) is 0 Å². The molecule has 1 fully saturated rings. The number of H-pyrrole nitrogens is 1. The molecule has 3 heterocycles. The van der Waals surface area contributed by atoms with Gasteiger partial charge in [0, 0.05) is 42.8 Å². The third-order valence-corrected chi connectivity index (χ3v) is 4.13. The number of hydrogen-bond acceptors (Lipinski definition) is 3. The predicted molar refractivity (Wildman–Crippen MR) is 74.8 cm³/mol. The van der Waals surface area contributed by atoms with E-state index in [-0.39, 0.29) is 0 Å². The SMILES string of the molecule is C[C@H](c1cccnc1)N1CCC[C@@H](c2ccn[nH]2)C1. The van der Waals surface area contributed by atoms with Crippen molar-refractivity contribution in [1.29, 1.82) is 0 Å². The van der Waals surface area contributed by atoms with Gasteiger partial charge in [0.15, 0.2) is 0 Å². The van der Waals surface area contributed by atoms with Crippen LogP contribution in [-0.2, 0) is 0 Å². The van der Waals surface area contributed by atoms with E-state index in [1.165, 1.54) is 30.6 Å². The van der Waals surface area contributed by atoms with Crippen molar-refractivity contribution in [2.75, 3.05) is 13.1 Å². The molecule has 19 heavy (non-hydrogen) atoms. The molecule has 1 aliphatic heterocycles. The second kappa shape index (κ2) is 5.53. The summed E-state index contributed by atoms with van der Waals surface area (Å²) in [6, 6.07) is 6.71. The van der Waals surface area contributed by atoms with Crippen LogP contribution in [0.25, 0.3) is 0 Å². The standard InChI is InChI=1S/C15H20N4/c1-12(13-4-2-7-16-10-13)19-9-3-5-14(11-19)15-6-8-17-18-15/h2,4,6-8,10,12,14H,3,5,9,11H2,1H3,(H,17,18)/t12-,14-/m1/s1. The number of piperidine rings is 1. The molecule has 0 radical (unpaired) electrons. The van der Waals surface area contributed by atoms with Gasteiger partial charge < -0.3 is 0 Å². The van der Waals surface area contributed by atoms with Crippen LogP contribution in [-0.4, -0.2) is 33.2 Å². The lowest BCUT2D eigenvalue weighted by Crippen LogP contribution is -2.36. The molecule has 100 valence electrons. The summed E-state index contributed by atoms with van der Waals surface area (Å²) in [7, 11) is 0. The summed E-state index contributed by atoms with van der Waals surface area (Å²) >= 11 is 0. The molecule has 4 nitrogen and oxygen atoms in total. The maximum absolute atomic E-state index is 4.23. The molecule has 1 aliphatic rings. The normalized spacial score (nSPS) is 22.3. The number of rotatable bonds is 3. The van der Waals surface area contributed by atoms with Crippen LogP contribution in [0.15, 0.2) is 36.8 Å². The maximum atomic E-state index is 4.23. The second-order valence-corrected chi connectivity index (χ2v) is 5.31. The Labute approximate surface area is 113 Å². The van der Waals surface area contributed by atoms with Crippen LogP contribution < -0.4 is 0 Å². The molecule has 1 saturated heterocycles. The fourth-order valence-corrected chi connectivity index (χ4v) is 2.94. The smallest absolute Gasteiger partial charge is 0.0490 e. The monoisotopic (exact) mass is 256 g/mol. The summed E-state index contributed by atoms with van der Waals surface area (Å²) in [6.07, 6.45) is 8.15. The van der Waals surface area contributed by atoms with Crippen LogP contribution in [0.3, 0.4) is 0 Å². The van der Waals surface area contributed by atoms with E-state index in [1.54, 1.807) is 0 Å². The Morgan fingerprint density at radius 2 is 2.32 bits per heavy atom. The van der Waals surface area contributed by atoms with Crippen LogP contribution in [0.2, 0.25) is 0 Å². The van der Waals surface area contributed by atoms with E-state index >= 15 is 0 Å². The summed E-state index contributed by atoms with van der Waals surface area (Å²) < 4.78 is 0. The highest BCUT2D eigenvalue weighted by Gasteiger charge is 2.25. The fraction of sp³-hybridized carbons (Fsp3) is 0.467. The quantitative estimate of drug-likeness (QED) is 0.918. The minimum atomic E-state index is 0.430. The van der Waals surface area contributed by atoms with Crippen molar-refractivity contribution in [1.82, 2.24) is 20.1 Å². The molecule has 0 bridgehead atoms. The Bertz CT molecular complexity index is 494. The number of pyridine rings is 1. The number of hydrogen-bond donors (Lipinski definition) is 1. The molecular formula is C15H20N4. The first-order chi connectivity index (χ1) is 9.34. The highest BCUT2D eigenvalue weighted by Crippen LogP contribution is 2.30. The number of aromatic nitrogens is 3. The van der Waals surface area contributed by atoms with E-state index in [9.17, 15) is 0 Å². The summed E-state index contributed by atoms with van der Waals surface area (Å²) in [5, 5.41) is 7.19. The summed E-state index contributed by atoms with van der Waals surface area (Å²) in [5.41, 5.74) is 2.57. The van der Waals surface area contributed by atoms with E-state index < -0.39 is 0 Å². The molecular weight excluding hydrogens is 236 g/mol. The predicted octanol–water partition coefficient (Wildman–Crippen LogP) is 2.75. The molecule has 0 unspecified atom stereocenters. The fourth-order valence-electron chi connectivity index (χ4n) is 2.94. The second-order valence-electron chi connectivity index (χ2n) is 5.31. The molecule has 1 N–H and O–H groups in total. The lowest BCUT2D eigenvalue weighted by Gasteiger charge is -2.36. The van der Waals surface area contributed by atoms with Crippen molar-refractivity contribution in [3.63, 3.8) is 0 Å². The Morgan fingerprint density at radius 1 is 1.37 bits per heavy atom. The Hall–Kier alpha value is -1.68. The van der Waals surface area contributed by atoms with Crippen molar-refractivity contribution in [3.8, 4) is 0 Å². The highest BCUT2D eigenvalue weighted by molar-refractivity contribution is 5.14. The van der Waals surface area contributed by atoms with Gasteiger partial charge in [0.05, 0.1) is 0 Å². The first-order valence-electron chi connectivity index (χ1n) is 6.98. The van der Waals surface area contributed by atoms with E-state index in [1.807, 2.05) is 24.7 Å². The largest absolute Gasteiger partial charge is 0.296 e. The van der Waals surface area contributed by atoms with Crippen LogP contribution in [0.1, 0.15) is 43.0 Å². The average Bonchev–Trinajstić information content (AvgIpc) is 3.02. The molecule has 0 saturated carbocycles. The van der Waals surface area contributed by atoms with Gasteiger partial charge in [-0.2, -0.15) is 5.10 Å². The highest BCUT2D eigenvalue weighted by atomic mass is 15.2. The zero-order valence-corrected chi connectivity index (χ0v) is 11.3. The van der Waals surface area contributed by atoms with Crippen LogP contribution in [0, 0.1) is 0 Å². The third kappa shape index (κ3) is 2.68. The summed E-state index contributed by atoms with van der Waals surface area (Å²) in [6.45, 7) is 4.53. The van der Waals surface area contributed by atoms with Gasteiger partial charge in [-0.05, 0) is 44.0 Å². The minimum Gasteiger partial charge on any atom is -0.296 e. The molecule has 4 heteroatoms. The minimum absolute atomic E-state index is 0.430. The van der Waals surface area contributed by atoms with E-state index in [2.05, 4.69) is 39.1 Å². The molecule has 0 amide bonds. The number of nitrogens with zero attached hydrogens (tertiary/aromatic N) is 3. The molecule has 0 spiro atoms. The maximum Gasteiger partial charge on any atom is 0.0490 e. The molecule has 0 aliphatic carbocycles. The van der Waals surface area contributed by atoms with Crippen LogP contribution in [0.5, 0.6) is 0 Å². The van der Waals surface area contributed by atoms with E-state index in [4.69, 9.17) is 0 Å². The number of likely N-dealkylation sites (tertiary alicyclic amines) is 1. The van der Waals surface area contributed by atoms with Crippen LogP contribution in [0.4, 0.5) is 0 Å². The van der Waals surface area contributed by atoms with Gasteiger partial charge in [0.25, 0.3) is 0 Å². The lowest BCUT2D eigenvalue weighted by atomic mass is 9.93. The molecule has 2 aromatic heterocycles. The van der Waals surface area contributed by atoms with Gasteiger partial charge in [0.1, 0.15) is 0 Å². The van der Waals surface area contributed by atoms with Crippen molar-refractivity contribution in [2.24, 2.45) is 0 Å². The number of nitrogens with one attached hydrogen (secondary N) is 1. The van der Waals surface area contributed by atoms with Crippen molar-refractivity contribution < 1.29 is 0 Å². The van der Waals surface area contributed by atoms with Gasteiger partial charge in [-0.25, -0.2) is 0 Å². The average molecular weight is 256 g/mol. The zero-order chi connectivity index (χ0) is 13.1. The third-order valence-electron chi connectivity index (χ3n) is 4.13. The van der Waals surface area contributed by atoms with Gasteiger partial charge in [0.2, 0.25) is 0 Å². The molecule has 0 aromatic carbocycles. The van der Waals surface area contributed by atoms with Gasteiger partial charge in [-0.3, -0.25) is 15.0 Å². The van der Waals surface area contributed by atoms with Gasteiger partial charge in [-0.1, -0.05) is 6.07 Å². The van der Waals surface area contributed by atoms with Crippen molar-refractivity contribution in [3.05, 3.63) is 48.0 Å². The zero-order valence-electron chi connectivity index (χ0n) is 11.3. The topological polar surface area (TPSA) is 44.8 Å². The number of aromatic amines is 1. The lowest BCUT2D eigenvalue weighted by molar-refractivity contribution is 0.157. The Morgan fingerprint density at radius 3 is 3.05 bits per heavy atom. The van der Waals surface area contributed by atoms with E-state index in [0.29, 0.717) is 12.0 Å². The summed E-state index contributed by atoms with van der Waals surface area (Å²) in [5.74, 6) is 0.579. The molecule has 2 atom stereocenters. The summed E-state index contributed by atoms with van der Waals surface area (Å²) in [4.78, 5) is 6.77. The first kappa shape index (κ1) is 12.4. The Kier molecular flexibility index (Phi) is 3.60. The van der Waals surface area contributed by atoms with E-state index in [0.717, 1.165) is 6.54 Å².